The molecule has 1 aliphatic rings. The summed E-state index contributed by atoms with van der Waals surface area (Å²) in [5.74, 6) is -2.15. The normalized spacial score (nSPS) is 23.7. The van der Waals surface area contributed by atoms with Gasteiger partial charge in [-0.05, 0) is 43.5 Å². The lowest BCUT2D eigenvalue weighted by Gasteiger charge is -2.19. The lowest BCUT2D eigenvalue weighted by Crippen LogP contribution is -2.39. The summed E-state index contributed by atoms with van der Waals surface area (Å²) in [6.45, 7) is 0.408. The van der Waals surface area contributed by atoms with Crippen LogP contribution < -0.4 is 10.5 Å². The SMILES string of the molecule is NCC1CCCC1NS(=O)(=O)c1ccc(F)c(F)c1. The van der Waals surface area contributed by atoms with Crippen molar-refractivity contribution in [2.75, 3.05) is 6.54 Å². The Kier molecular flexibility index (Phi) is 4.17. The number of halogens is 2. The number of nitrogens with two attached hydrogens (primary N) is 1. The molecule has 1 fully saturated rings. The molecule has 19 heavy (non-hydrogen) atoms. The largest absolute Gasteiger partial charge is 0.330 e. The van der Waals surface area contributed by atoms with E-state index in [1.54, 1.807) is 0 Å². The second-order valence-corrected chi connectivity index (χ2v) is 6.44. The minimum absolute atomic E-state index is 0.0973. The molecule has 1 aromatic rings. The summed E-state index contributed by atoms with van der Waals surface area (Å²) in [6, 6.07) is 2.30. The second kappa shape index (κ2) is 5.52. The van der Waals surface area contributed by atoms with Gasteiger partial charge >= 0.3 is 0 Å². The second-order valence-electron chi connectivity index (χ2n) is 4.73. The van der Waals surface area contributed by atoms with Gasteiger partial charge < -0.3 is 5.73 Å². The highest BCUT2D eigenvalue weighted by atomic mass is 32.2. The molecule has 7 heteroatoms. The van der Waals surface area contributed by atoms with Crippen LogP contribution in [0.15, 0.2) is 23.1 Å². The van der Waals surface area contributed by atoms with Gasteiger partial charge in [0.1, 0.15) is 0 Å². The minimum Gasteiger partial charge on any atom is -0.330 e. The number of nitrogens with one attached hydrogen (secondary N) is 1. The molecule has 1 saturated carbocycles. The molecule has 0 aromatic heterocycles. The van der Waals surface area contributed by atoms with Crippen LogP contribution in [-0.2, 0) is 10.0 Å². The van der Waals surface area contributed by atoms with Crippen molar-refractivity contribution >= 4 is 10.0 Å². The highest BCUT2D eigenvalue weighted by Gasteiger charge is 2.30. The summed E-state index contributed by atoms with van der Waals surface area (Å²) < 4.78 is 52.5. The molecule has 106 valence electrons. The molecular formula is C12H16F2N2O2S. The van der Waals surface area contributed by atoms with Crippen LogP contribution in [-0.4, -0.2) is 21.0 Å². The van der Waals surface area contributed by atoms with E-state index in [9.17, 15) is 17.2 Å². The predicted molar refractivity (Wildman–Crippen MR) is 66.9 cm³/mol. The number of hydrogen-bond acceptors (Lipinski definition) is 3. The number of sulfonamides is 1. The summed E-state index contributed by atoms with van der Waals surface area (Å²) >= 11 is 0. The van der Waals surface area contributed by atoms with Crippen molar-refractivity contribution in [3.63, 3.8) is 0 Å². The van der Waals surface area contributed by atoms with Crippen LogP contribution in [0.1, 0.15) is 19.3 Å². The zero-order valence-electron chi connectivity index (χ0n) is 10.3. The first-order valence-corrected chi connectivity index (χ1v) is 7.60. The molecular weight excluding hydrogens is 274 g/mol. The Balaban J connectivity index is 2.20. The quantitative estimate of drug-likeness (QED) is 0.879. The highest BCUT2D eigenvalue weighted by Crippen LogP contribution is 2.26. The Hall–Kier alpha value is -1.05. The van der Waals surface area contributed by atoms with E-state index in [4.69, 9.17) is 5.73 Å². The molecule has 0 aliphatic heterocycles. The van der Waals surface area contributed by atoms with Crippen LogP contribution in [0, 0.1) is 17.6 Å². The molecule has 1 aliphatic carbocycles. The molecule has 2 atom stereocenters. The fourth-order valence-electron chi connectivity index (χ4n) is 2.39. The van der Waals surface area contributed by atoms with Gasteiger partial charge in [0.25, 0.3) is 0 Å². The Labute approximate surface area is 111 Å². The third-order valence-electron chi connectivity index (χ3n) is 3.47. The minimum atomic E-state index is -3.84. The van der Waals surface area contributed by atoms with E-state index < -0.39 is 21.7 Å². The van der Waals surface area contributed by atoms with Gasteiger partial charge in [0.2, 0.25) is 10.0 Å². The number of rotatable bonds is 4. The van der Waals surface area contributed by atoms with Crippen LogP contribution in [0.5, 0.6) is 0 Å². The summed E-state index contributed by atoms with van der Waals surface area (Å²) in [5, 5.41) is 0. The van der Waals surface area contributed by atoms with Crippen molar-refractivity contribution in [2.45, 2.75) is 30.2 Å². The van der Waals surface area contributed by atoms with Gasteiger partial charge in [-0.2, -0.15) is 0 Å². The Morgan fingerprint density at radius 2 is 2.00 bits per heavy atom. The average molecular weight is 290 g/mol. The predicted octanol–water partition coefficient (Wildman–Crippen LogP) is 1.37. The van der Waals surface area contributed by atoms with Crippen molar-refractivity contribution in [2.24, 2.45) is 11.7 Å². The molecule has 2 unspecified atom stereocenters. The monoisotopic (exact) mass is 290 g/mol. The molecule has 3 N–H and O–H groups in total. The third-order valence-corrected chi connectivity index (χ3v) is 4.96. The maximum atomic E-state index is 13.1. The average Bonchev–Trinajstić information content (AvgIpc) is 2.79. The first-order chi connectivity index (χ1) is 8.94. The molecule has 0 amide bonds. The van der Waals surface area contributed by atoms with E-state index in [1.807, 2.05) is 0 Å². The molecule has 4 nitrogen and oxygen atoms in total. The van der Waals surface area contributed by atoms with Crippen LogP contribution in [0.3, 0.4) is 0 Å². The Morgan fingerprint density at radius 1 is 1.26 bits per heavy atom. The lowest BCUT2D eigenvalue weighted by atomic mass is 10.1. The van der Waals surface area contributed by atoms with Crippen molar-refractivity contribution in [3.05, 3.63) is 29.8 Å². The molecule has 0 radical (unpaired) electrons. The summed E-state index contributed by atoms with van der Waals surface area (Å²) in [5.41, 5.74) is 5.58. The van der Waals surface area contributed by atoms with Crippen molar-refractivity contribution in [3.8, 4) is 0 Å². The van der Waals surface area contributed by atoms with E-state index >= 15 is 0 Å². The third kappa shape index (κ3) is 3.10. The van der Waals surface area contributed by atoms with E-state index in [0.29, 0.717) is 19.0 Å². The first kappa shape index (κ1) is 14.4. The Morgan fingerprint density at radius 3 is 2.63 bits per heavy atom. The molecule has 2 rings (SSSR count). The topological polar surface area (TPSA) is 72.2 Å². The van der Waals surface area contributed by atoms with Crippen LogP contribution >= 0.6 is 0 Å². The highest BCUT2D eigenvalue weighted by molar-refractivity contribution is 7.89. The van der Waals surface area contributed by atoms with Gasteiger partial charge in [-0.25, -0.2) is 21.9 Å². The Bertz CT molecular complexity index is 563. The van der Waals surface area contributed by atoms with E-state index in [0.717, 1.165) is 25.0 Å². The van der Waals surface area contributed by atoms with Gasteiger partial charge in [-0.3, -0.25) is 0 Å². The zero-order valence-corrected chi connectivity index (χ0v) is 11.1. The van der Waals surface area contributed by atoms with Crippen LogP contribution in [0.4, 0.5) is 8.78 Å². The van der Waals surface area contributed by atoms with Gasteiger partial charge in [0.05, 0.1) is 4.90 Å². The van der Waals surface area contributed by atoms with Gasteiger partial charge in [0.15, 0.2) is 11.6 Å². The van der Waals surface area contributed by atoms with Crippen molar-refractivity contribution < 1.29 is 17.2 Å². The molecule has 0 heterocycles. The van der Waals surface area contributed by atoms with Crippen molar-refractivity contribution in [1.29, 1.82) is 0 Å². The fraction of sp³-hybridized carbons (Fsp3) is 0.500. The standard InChI is InChI=1S/C12H16F2N2O2S/c13-10-5-4-9(6-11(10)14)19(17,18)16-12-3-1-2-8(12)7-15/h4-6,8,12,16H,1-3,7,15H2. The number of benzene rings is 1. The number of hydrogen-bond donors (Lipinski definition) is 2. The van der Waals surface area contributed by atoms with E-state index in [1.165, 1.54) is 0 Å². The summed E-state index contributed by atoms with van der Waals surface area (Å²) in [7, 11) is -3.84. The molecule has 0 spiro atoms. The fourth-order valence-corrected chi connectivity index (χ4v) is 3.74. The van der Waals surface area contributed by atoms with Crippen molar-refractivity contribution in [1.82, 2.24) is 4.72 Å². The van der Waals surface area contributed by atoms with Gasteiger partial charge in [0, 0.05) is 6.04 Å². The molecule has 0 bridgehead atoms. The van der Waals surface area contributed by atoms with Gasteiger partial charge in [-0.1, -0.05) is 6.42 Å². The molecule has 0 saturated heterocycles. The lowest BCUT2D eigenvalue weighted by molar-refractivity contribution is 0.452. The molecule has 1 aromatic carbocycles. The smallest absolute Gasteiger partial charge is 0.240 e. The van der Waals surface area contributed by atoms with Crippen LogP contribution in [0.25, 0.3) is 0 Å². The summed E-state index contributed by atoms with van der Waals surface area (Å²) in [6.07, 6.45) is 2.50. The van der Waals surface area contributed by atoms with Crippen LogP contribution in [0.2, 0.25) is 0 Å². The zero-order chi connectivity index (χ0) is 14.0. The van der Waals surface area contributed by atoms with Gasteiger partial charge in [-0.15, -0.1) is 0 Å². The summed E-state index contributed by atoms with van der Waals surface area (Å²) in [4.78, 5) is -0.269. The maximum absolute atomic E-state index is 13.1. The van der Waals surface area contributed by atoms with E-state index in [2.05, 4.69) is 4.72 Å². The maximum Gasteiger partial charge on any atom is 0.240 e. The van der Waals surface area contributed by atoms with E-state index in [-0.39, 0.29) is 16.9 Å². The first-order valence-electron chi connectivity index (χ1n) is 6.11.